The first-order chi connectivity index (χ1) is 27.2. The molecule has 4 aliphatic heterocycles. The maximum absolute atomic E-state index is 13.3. The van der Waals surface area contributed by atoms with Gasteiger partial charge in [0.05, 0.1) is 11.1 Å². The van der Waals surface area contributed by atoms with E-state index in [-0.39, 0.29) is 24.5 Å². The van der Waals surface area contributed by atoms with Crippen LogP contribution in [0.2, 0.25) is 0 Å². The number of hydrogen-bond donors (Lipinski definition) is 2. The number of likely N-dealkylation sites (tertiary alicyclic amines) is 1. The molecule has 3 fully saturated rings. The number of piperazine rings is 1. The van der Waals surface area contributed by atoms with Gasteiger partial charge in [-0.25, -0.2) is 0 Å². The van der Waals surface area contributed by atoms with E-state index < -0.39 is 23.8 Å². The molecule has 0 saturated carbocycles. The number of amides is 4. The summed E-state index contributed by atoms with van der Waals surface area (Å²) in [5.74, 6) is -0.975. The van der Waals surface area contributed by atoms with Crippen LogP contribution in [0, 0.1) is 5.92 Å². The third-order valence-corrected chi connectivity index (χ3v) is 11.8. The molecule has 4 aliphatic rings. The van der Waals surface area contributed by atoms with Gasteiger partial charge in [0.1, 0.15) is 11.8 Å². The standard InChI is InChI=1S/C46H49N5O5/c1-2-38(33-8-4-3-5-9-33)43(35-14-17-37(52)18-15-35)34-12-10-31(11-13-34)7-6-22-49-29-32(30-49)28-48-23-25-50(26-24-48)36-16-19-39-40(27-36)46(56)51(45(39)55)41-20-21-42(53)47-44(41)54/h3-5,8-19,27,32,41,52H,2,6-7,20-26,28-30H2,1H3,(H,47,53,54). The van der Waals surface area contributed by atoms with Crippen molar-refractivity contribution >= 4 is 40.5 Å². The summed E-state index contributed by atoms with van der Waals surface area (Å²) in [6.07, 6.45) is 3.31. The molecule has 0 bridgehead atoms. The Kier molecular flexibility index (Phi) is 10.8. The van der Waals surface area contributed by atoms with Crippen LogP contribution in [0.15, 0.2) is 97.1 Å². The summed E-state index contributed by atoms with van der Waals surface area (Å²) >= 11 is 0. The first-order valence-corrected chi connectivity index (χ1v) is 20.0. The third-order valence-electron chi connectivity index (χ3n) is 11.8. The first-order valence-electron chi connectivity index (χ1n) is 20.0. The Bertz CT molecular complexity index is 2130. The van der Waals surface area contributed by atoms with Crippen LogP contribution in [0.3, 0.4) is 0 Å². The van der Waals surface area contributed by atoms with Gasteiger partial charge in [0.25, 0.3) is 11.8 Å². The minimum absolute atomic E-state index is 0.105. The van der Waals surface area contributed by atoms with Crippen molar-refractivity contribution in [1.82, 2.24) is 20.0 Å². The molecule has 8 rings (SSSR count). The quantitative estimate of drug-likeness (QED) is 0.137. The number of aryl methyl sites for hydroxylation is 1. The largest absolute Gasteiger partial charge is 0.508 e. The second-order valence-corrected chi connectivity index (χ2v) is 15.5. The fourth-order valence-electron chi connectivity index (χ4n) is 8.84. The summed E-state index contributed by atoms with van der Waals surface area (Å²) in [6.45, 7) is 10.2. The highest BCUT2D eigenvalue weighted by molar-refractivity contribution is 6.23. The zero-order valence-electron chi connectivity index (χ0n) is 32.0. The molecule has 56 heavy (non-hydrogen) atoms. The van der Waals surface area contributed by atoms with E-state index in [9.17, 15) is 24.3 Å². The van der Waals surface area contributed by atoms with Crippen LogP contribution in [0.4, 0.5) is 5.69 Å². The number of phenolic OH excluding ortho intramolecular Hbond substituents is 1. The van der Waals surface area contributed by atoms with Crippen molar-refractivity contribution in [2.45, 2.75) is 45.1 Å². The second kappa shape index (κ2) is 16.3. The number of imide groups is 2. The van der Waals surface area contributed by atoms with E-state index in [1.165, 1.54) is 27.8 Å². The van der Waals surface area contributed by atoms with Crippen molar-refractivity contribution < 1.29 is 24.3 Å². The van der Waals surface area contributed by atoms with E-state index in [2.05, 4.69) is 75.5 Å². The summed E-state index contributed by atoms with van der Waals surface area (Å²) in [5, 5.41) is 12.2. The summed E-state index contributed by atoms with van der Waals surface area (Å²) < 4.78 is 0. The van der Waals surface area contributed by atoms with Crippen LogP contribution in [0.25, 0.3) is 11.1 Å². The number of nitrogens with one attached hydrogen (secondary N) is 1. The van der Waals surface area contributed by atoms with Crippen molar-refractivity contribution in [3.63, 3.8) is 0 Å². The molecule has 0 spiro atoms. The predicted octanol–water partition coefficient (Wildman–Crippen LogP) is 5.85. The summed E-state index contributed by atoms with van der Waals surface area (Å²) in [5.41, 5.74) is 8.88. The van der Waals surface area contributed by atoms with Gasteiger partial charge in [-0.3, -0.25) is 34.3 Å². The molecule has 0 aromatic heterocycles. The van der Waals surface area contributed by atoms with Gasteiger partial charge in [-0.1, -0.05) is 73.7 Å². The normalized spacial score (nSPS) is 19.8. The minimum atomic E-state index is -0.956. The van der Waals surface area contributed by atoms with Gasteiger partial charge in [0.15, 0.2) is 0 Å². The molecule has 0 aliphatic carbocycles. The monoisotopic (exact) mass is 751 g/mol. The second-order valence-electron chi connectivity index (χ2n) is 15.5. The Morgan fingerprint density at radius 2 is 1.43 bits per heavy atom. The highest BCUT2D eigenvalue weighted by Crippen LogP contribution is 2.36. The minimum Gasteiger partial charge on any atom is -0.508 e. The average Bonchev–Trinajstić information content (AvgIpc) is 3.45. The number of aromatic hydroxyl groups is 1. The molecule has 0 radical (unpaired) electrons. The van der Waals surface area contributed by atoms with Crippen molar-refractivity contribution in [2.75, 3.05) is 57.3 Å². The number of phenols is 1. The predicted molar refractivity (Wildman–Crippen MR) is 217 cm³/mol. The molecule has 10 nitrogen and oxygen atoms in total. The number of carbonyl (C=O) groups is 4. The van der Waals surface area contributed by atoms with Crippen molar-refractivity contribution in [1.29, 1.82) is 0 Å². The maximum atomic E-state index is 13.3. The number of benzene rings is 4. The average molecular weight is 752 g/mol. The Morgan fingerprint density at radius 3 is 2.11 bits per heavy atom. The zero-order valence-corrected chi connectivity index (χ0v) is 32.0. The Hall–Kier alpha value is -5.58. The van der Waals surface area contributed by atoms with Gasteiger partial charge >= 0.3 is 0 Å². The van der Waals surface area contributed by atoms with Crippen molar-refractivity contribution in [2.24, 2.45) is 5.92 Å². The molecule has 2 N–H and O–H groups in total. The first kappa shape index (κ1) is 37.3. The third kappa shape index (κ3) is 7.76. The number of carbonyl (C=O) groups excluding carboxylic acids is 4. The molecule has 4 amide bonds. The van der Waals surface area contributed by atoms with Crippen molar-refractivity contribution in [3.8, 4) is 5.75 Å². The molecule has 4 aromatic carbocycles. The number of allylic oxidation sites excluding steroid dienone is 1. The summed E-state index contributed by atoms with van der Waals surface area (Å²) in [7, 11) is 0. The molecule has 4 heterocycles. The summed E-state index contributed by atoms with van der Waals surface area (Å²) in [6, 6.07) is 31.5. The fourth-order valence-corrected chi connectivity index (χ4v) is 8.84. The smallest absolute Gasteiger partial charge is 0.262 e. The number of piperidine rings is 1. The lowest BCUT2D eigenvalue weighted by molar-refractivity contribution is -0.136. The Morgan fingerprint density at radius 1 is 0.750 bits per heavy atom. The van der Waals surface area contributed by atoms with E-state index in [4.69, 9.17) is 0 Å². The van der Waals surface area contributed by atoms with Crippen LogP contribution in [-0.2, 0) is 16.0 Å². The van der Waals surface area contributed by atoms with Gasteiger partial charge in [-0.05, 0) is 102 Å². The molecule has 1 atom stereocenters. The number of anilines is 1. The zero-order chi connectivity index (χ0) is 38.8. The number of fused-ring (bicyclic) bond motifs is 1. The van der Waals surface area contributed by atoms with Crippen LogP contribution in [-0.4, -0.2) is 102 Å². The maximum Gasteiger partial charge on any atom is 0.262 e. The van der Waals surface area contributed by atoms with Gasteiger partial charge < -0.3 is 14.9 Å². The van der Waals surface area contributed by atoms with E-state index in [1.807, 2.05) is 24.3 Å². The topological polar surface area (TPSA) is 114 Å². The molecule has 10 heteroatoms. The number of nitrogens with zero attached hydrogens (tertiary/aromatic N) is 4. The molecular weight excluding hydrogens is 703 g/mol. The number of hydrogen-bond acceptors (Lipinski definition) is 8. The highest BCUT2D eigenvalue weighted by Gasteiger charge is 2.45. The lowest BCUT2D eigenvalue weighted by Gasteiger charge is -2.44. The van der Waals surface area contributed by atoms with Gasteiger partial charge in [-0.2, -0.15) is 0 Å². The molecular formula is C46H49N5O5. The Balaban J connectivity index is 0.791. The number of rotatable bonds is 12. The molecule has 288 valence electrons. The van der Waals surface area contributed by atoms with E-state index in [1.54, 1.807) is 24.3 Å². The molecule has 4 aromatic rings. The highest BCUT2D eigenvalue weighted by atomic mass is 16.3. The van der Waals surface area contributed by atoms with E-state index in [0.29, 0.717) is 17.0 Å². The van der Waals surface area contributed by atoms with Crippen LogP contribution in [0.5, 0.6) is 5.75 Å². The summed E-state index contributed by atoms with van der Waals surface area (Å²) in [4.78, 5) is 58.8. The fraction of sp³-hybridized carbons (Fsp3) is 0.348. The van der Waals surface area contributed by atoms with E-state index in [0.717, 1.165) is 87.8 Å². The lowest BCUT2D eigenvalue weighted by atomic mass is 9.87. The molecule has 3 saturated heterocycles. The van der Waals surface area contributed by atoms with Crippen LogP contribution >= 0.6 is 0 Å². The van der Waals surface area contributed by atoms with Crippen LogP contribution < -0.4 is 10.2 Å². The Labute approximate surface area is 328 Å². The van der Waals surface area contributed by atoms with Gasteiger partial charge in [-0.15, -0.1) is 0 Å². The van der Waals surface area contributed by atoms with Crippen molar-refractivity contribution in [3.05, 3.63) is 130 Å². The SMILES string of the molecule is CCC(=C(c1ccc(O)cc1)c1ccc(CCCN2CC(CN3CCN(c4ccc5c(c4)C(=O)N(C4CCC(=O)NC4=O)C5=O)CC3)C2)cc1)c1ccccc1. The van der Waals surface area contributed by atoms with Gasteiger partial charge in [0, 0.05) is 57.9 Å². The van der Waals surface area contributed by atoms with Crippen LogP contribution in [0.1, 0.15) is 75.6 Å². The van der Waals surface area contributed by atoms with Gasteiger partial charge in [0.2, 0.25) is 11.8 Å². The lowest BCUT2D eigenvalue weighted by Crippen LogP contribution is -2.55. The molecule has 1 unspecified atom stereocenters. The van der Waals surface area contributed by atoms with E-state index >= 15 is 0 Å².